The Hall–Kier alpha value is -3.71. The molecule has 8 nitrogen and oxygen atoms in total. The lowest BCUT2D eigenvalue weighted by Gasteiger charge is -2.42. The van der Waals surface area contributed by atoms with Gasteiger partial charge in [0.05, 0.1) is 22.6 Å². The molecule has 4 rings (SSSR count). The summed E-state index contributed by atoms with van der Waals surface area (Å²) in [5.41, 5.74) is 6.27. The van der Waals surface area contributed by atoms with Crippen LogP contribution in [0.1, 0.15) is 46.9 Å². The topological polar surface area (TPSA) is 126 Å². The van der Waals surface area contributed by atoms with Crippen LogP contribution in [-0.4, -0.2) is 31.0 Å². The Morgan fingerprint density at radius 3 is 2.44 bits per heavy atom. The van der Waals surface area contributed by atoms with E-state index in [1.165, 1.54) is 6.07 Å². The van der Waals surface area contributed by atoms with Gasteiger partial charge in [0, 0.05) is 42.2 Å². The molecule has 3 amide bonds. The fraction of sp³-hybridized carbons (Fsp3) is 0.304. The maximum Gasteiger partial charge on any atom is 0.409 e. The number of halogens is 3. The Kier molecular flexibility index (Phi) is 6.15. The van der Waals surface area contributed by atoms with E-state index in [0.29, 0.717) is 24.2 Å². The van der Waals surface area contributed by atoms with E-state index in [-0.39, 0.29) is 46.3 Å². The van der Waals surface area contributed by atoms with Crippen molar-refractivity contribution in [2.75, 3.05) is 18.0 Å². The molecular formula is C23H19ClF2N4O4. The van der Waals surface area contributed by atoms with E-state index in [0.717, 1.165) is 12.1 Å². The first kappa shape index (κ1) is 23.4. The highest BCUT2D eigenvalue weighted by atomic mass is 35.5. The van der Waals surface area contributed by atoms with Crippen LogP contribution in [0.15, 0.2) is 18.2 Å². The monoisotopic (exact) mass is 488 g/mol. The van der Waals surface area contributed by atoms with Crippen LogP contribution in [0, 0.1) is 29.9 Å². The van der Waals surface area contributed by atoms with Gasteiger partial charge >= 0.3 is 6.09 Å². The number of nitrogens with zero attached hydrogens (tertiary/aromatic N) is 2. The Morgan fingerprint density at radius 1 is 1.24 bits per heavy atom. The van der Waals surface area contributed by atoms with Crippen LogP contribution in [0.3, 0.4) is 0 Å². The van der Waals surface area contributed by atoms with E-state index in [1.54, 1.807) is 11.8 Å². The molecule has 0 saturated carbocycles. The highest BCUT2D eigenvalue weighted by Gasteiger charge is 2.36. The van der Waals surface area contributed by atoms with Gasteiger partial charge in [-0.2, -0.15) is 5.26 Å². The van der Waals surface area contributed by atoms with Crippen molar-refractivity contribution in [1.82, 2.24) is 5.32 Å². The zero-order valence-corrected chi connectivity index (χ0v) is 18.7. The number of carbonyl (C=O) groups is 3. The first-order chi connectivity index (χ1) is 16.1. The molecule has 2 aliphatic heterocycles. The van der Waals surface area contributed by atoms with Gasteiger partial charge in [-0.1, -0.05) is 11.6 Å². The van der Waals surface area contributed by atoms with Crippen molar-refractivity contribution in [3.63, 3.8) is 0 Å². The summed E-state index contributed by atoms with van der Waals surface area (Å²) in [6.45, 7) is 2.26. The number of piperidine rings is 1. The molecule has 2 aromatic carbocycles. The number of nitriles is 1. The second kappa shape index (κ2) is 8.91. The fourth-order valence-electron chi connectivity index (χ4n) is 4.36. The van der Waals surface area contributed by atoms with Crippen molar-refractivity contribution in [3.05, 3.63) is 57.1 Å². The summed E-state index contributed by atoms with van der Waals surface area (Å²) in [7, 11) is 0. The molecule has 34 heavy (non-hydrogen) atoms. The van der Waals surface area contributed by atoms with Gasteiger partial charge in [-0.05, 0) is 37.1 Å². The smallest absolute Gasteiger partial charge is 0.409 e. The average Bonchev–Trinajstić information content (AvgIpc) is 2.72. The molecule has 1 atom stereocenters. The van der Waals surface area contributed by atoms with Gasteiger partial charge in [0.1, 0.15) is 17.4 Å². The quantitative estimate of drug-likeness (QED) is 0.635. The summed E-state index contributed by atoms with van der Waals surface area (Å²) >= 11 is 6.46. The van der Waals surface area contributed by atoms with E-state index < -0.39 is 35.5 Å². The summed E-state index contributed by atoms with van der Waals surface area (Å²) in [6, 6.07) is 5.65. The maximum absolute atomic E-state index is 14.9. The Morgan fingerprint density at radius 2 is 1.88 bits per heavy atom. The second-order valence-corrected chi connectivity index (χ2v) is 8.61. The van der Waals surface area contributed by atoms with Crippen LogP contribution in [0.4, 0.5) is 19.3 Å². The Labute approximate surface area is 198 Å². The predicted molar refractivity (Wildman–Crippen MR) is 118 cm³/mol. The number of ether oxygens (including phenoxy) is 1. The van der Waals surface area contributed by atoms with Gasteiger partial charge in [-0.25, -0.2) is 13.6 Å². The number of hydrogen-bond donors (Lipinski definition) is 2. The molecule has 2 aliphatic rings. The third-order valence-electron chi connectivity index (χ3n) is 6.15. The minimum Gasteiger partial charge on any atom is -0.410 e. The standard InChI is InChI=1S/C23H19ClF2N4O4/c1-10-11(7-27)4-17(34-23(28)33)19(21(10)24)12-8-30(9-12)13-5-15(25)20(16(26)6-13)14-2-3-18(31)29-22(14)32/h4-6,12,14H,2-3,8-9H2,1H3,(H2,28,33)(H,29,31,32). The van der Waals surface area contributed by atoms with Crippen molar-refractivity contribution >= 4 is 35.2 Å². The zero-order chi connectivity index (χ0) is 24.7. The molecule has 0 bridgehead atoms. The SMILES string of the molecule is Cc1c(C#N)cc(OC(N)=O)c(C2CN(c3cc(F)c(C4CCC(=O)NC4=O)c(F)c3)C2)c1Cl. The van der Waals surface area contributed by atoms with E-state index in [9.17, 15) is 28.4 Å². The molecule has 2 aromatic rings. The van der Waals surface area contributed by atoms with Crippen molar-refractivity contribution in [1.29, 1.82) is 5.26 Å². The Balaban J connectivity index is 1.58. The van der Waals surface area contributed by atoms with E-state index in [4.69, 9.17) is 22.1 Å². The minimum absolute atomic E-state index is 0.00528. The van der Waals surface area contributed by atoms with Crippen molar-refractivity contribution < 1.29 is 27.9 Å². The van der Waals surface area contributed by atoms with Crippen molar-refractivity contribution in [2.24, 2.45) is 5.73 Å². The van der Waals surface area contributed by atoms with Crippen LogP contribution >= 0.6 is 11.6 Å². The number of hydrogen-bond acceptors (Lipinski definition) is 6. The number of rotatable bonds is 4. The molecular weight excluding hydrogens is 470 g/mol. The summed E-state index contributed by atoms with van der Waals surface area (Å²) in [5, 5.41) is 11.6. The summed E-state index contributed by atoms with van der Waals surface area (Å²) in [5.74, 6) is -4.22. The number of carbonyl (C=O) groups excluding carboxylic acids is 3. The average molecular weight is 489 g/mol. The van der Waals surface area contributed by atoms with Crippen molar-refractivity contribution in [3.8, 4) is 11.8 Å². The van der Waals surface area contributed by atoms with Crippen LogP contribution in [0.5, 0.6) is 5.75 Å². The molecule has 1 unspecified atom stereocenters. The fourth-order valence-corrected chi connectivity index (χ4v) is 4.71. The van der Waals surface area contributed by atoms with Gasteiger partial charge in [0.15, 0.2) is 0 Å². The van der Waals surface area contributed by atoms with Crippen LogP contribution in [-0.2, 0) is 9.59 Å². The number of primary amides is 1. The number of benzene rings is 2. The molecule has 0 aromatic heterocycles. The lowest BCUT2D eigenvalue weighted by atomic mass is 9.87. The third kappa shape index (κ3) is 4.15. The van der Waals surface area contributed by atoms with E-state index >= 15 is 0 Å². The lowest BCUT2D eigenvalue weighted by molar-refractivity contribution is -0.134. The van der Waals surface area contributed by atoms with Gasteiger partial charge in [0.2, 0.25) is 11.8 Å². The molecule has 176 valence electrons. The molecule has 3 N–H and O–H groups in total. The normalized spacial score (nSPS) is 18.2. The van der Waals surface area contributed by atoms with Gasteiger partial charge in [-0.15, -0.1) is 0 Å². The van der Waals surface area contributed by atoms with Gasteiger partial charge < -0.3 is 15.4 Å². The molecule has 0 spiro atoms. The molecule has 11 heteroatoms. The predicted octanol–water partition coefficient (Wildman–Crippen LogP) is 3.38. The van der Waals surface area contributed by atoms with Crippen LogP contribution < -0.4 is 20.7 Å². The molecule has 0 radical (unpaired) electrons. The van der Waals surface area contributed by atoms with E-state index in [1.807, 2.05) is 6.07 Å². The van der Waals surface area contributed by atoms with Crippen molar-refractivity contribution in [2.45, 2.75) is 31.6 Å². The third-order valence-corrected chi connectivity index (χ3v) is 6.64. The number of amides is 3. The van der Waals surface area contributed by atoms with E-state index in [2.05, 4.69) is 5.32 Å². The molecule has 2 heterocycles. The van der Waals surface area contributed by atoms with Crippen LogP contribution in [0.25, 0.3) is 0 Å². The highest BCUT2D eigenvalue weighted by Crippen LogP contribution is 2.43. The lowest BCUT2D eigenvalue weighted by Crippen LogP contribution is -2.45. The molecule has 2 fully saturated rings. The van der Waals surface area contributed by atoms with Gasteiger partial charge in [0.25, 0.3) is 0 Å². The van der Waals surface area contributed by atoms with Crippen LogP contribution in [0.2, 0.25) is 5.02 Å². The first-order valence-electron chi connectivity index (χ1n) is 10.4. The summed E-state index contributed by atoms with van der Waals surface area (Å²) in [6.07, 6.45) is -1.02. The molecule has 0 aliphatic carbocycles. The summed E-state index contributed by atoms with van der Waals surface area (Å²) in [4.78, 5) is 36.4. The number of nitrogens with two attached hydrogens (primary N) is 1. The highest BCUT2D eigenvalue weighted by molar-refractivity contribution is 6.32. The Bertz CT molecular complexity index is 1250. The zero-order valence-electron chi connectivity index (χ0n) is 18.0. The minimum atomic E-state index is -1.08. The number of nitrogens with one attached hydrogen (secondary N) is 1. The van der Waals surface area contributed by atoms with Gasteiger partial charge in [-0.3, -0.25) is 14.9 Å². The number of imide groups is 1. The second-order valence-electron chi connectivity index (χ2n) is 8.24. The maximum atomic E-state index is 14.9. The first-order valence-corrected chi connectivity index (χ1v) is 10.8. The largest absolute Gasteiger partial charge is 0.410 e. The number of anilines is 1. The molecule has 2 saturated heterocycles. The summed E-state index contributed by atoms with van der Waals surface area (Å²) < 4.78 is 34.8.